The first-order valence-corrected chi connectivity index (χ1v) is 11.7. The number of halogens is 3. The number of aryl methyl sites for hydroxylation is 1. The smallest absolute Gasteiger partial charge is 0.367 e. The van der Waals surface area contributed by atoms with Gasteiger partial charge in [0.1, 0.15) is 11.3 Å². The number of fused-ring (bicyclic) bond motifs is 3. The SMILES string of the molecule is Cc1cn2cc(-c3cc(=O)n4cc(N5CCN6CCC[C@@]6(C)C5)ccc4n3)cc(C(F)(F)F)c2n1. The minimum absolute atomic E-state index is 0.140. The number of piperazine rings is 1. The van der Waals surface area contributed by atoms with Crippen molar-refractivity contribution in [3.63, 3.8) is 0 Å². The van der Waals surface area contributed by atoms with E-state index in [1.54, 1.807) is 19.2 Å². The summed E-state index contributed by atoms with van der Waals surface area (Å²) in [6.07, 6.45) is 2.61. The summed E-state index contributed by atoms with van der Waals surface area (Å²) in [5, 5.41) is 0. The molecule has 0 radical (unpaired) electrons. The molecular weight excluding hydrogens is 457 g/mol. The monoisotopic (exact) mass is 482 g/mol. The molecule has 2 aliphatic heterocycles. The molecule has 7 nitrogen and oxygen atoms in total. The van der Waals surface area contributed by atoms with Crippen LogP contribution in [0.2, 0.25) is 0 Å². The summed E-state index contributed by atoms with van der Waals surface area (Å²) >= 11 is 0. The Morgan fingerprint density at radius 3 is 2.66 bits per heavy atom. The average molecular weight is 483 g/mol. The number of nitrogens with zero attached hydrogens (tertiary/aromatic N) is 6. The Hall–Kier alpha value is -3.40. The van der Waals surface area contributed by atoms with Crippen LogP contribution in [0.25, 0.3) is 22.6 Å². The number of hydrogen-bond donors (Lipinski definition) is 0. The van der Waals surface area contributed by atoms with Crippen LogP contribution in [-0.4, -0.2) is 55.4 Å². The van der Waals surface area contributed by atoms with Crippen LogP contribution in [0.1, 0.15) is 31.0 Å². The van der Waals surface area contributed by atoms with Crippen LogP contribution in [0.5, 0.6) is 0 Å². The topological polar surface area (TPSA) is 58.2 Å². The average Bonchev–Trinajstić information content (AvgIpc) is 3.37. The van der Waals surface area contributed by atoms with Gasteiger partial charge >= 0.3 is 6.18 Å². The van der Waals surface area contributed by atoms with Crippen molar-refractivity contribution in [2.45, 2.75) is 38.4 Å². The van der Waals surface area contributed by atoms with E-state index in [-0.39, 0.29) is 28.0 Å². The second-order valence-electron chi connectivity index (χ2n) is 9.86. The molecule has 0 saturated carbocycles. The highest BCUT2D eigenvalue weighted by atomic mass is 19.4. The molecule has 0 N–H and O–H groups in total. The van der Waals surface area contributed by atoms with Gasteiger partial charge in [0.2, 0.25) is 0 Å². The van der Waals surface area contributed by atoms with Crippen molar-refractivity contribution in [1.82, 2.24) is 23.7 Å². The van der Waals surface area contributed by atoms with Gasteiger partial charge in [-0.2, -0.15) is 13.2 Å². The first kappa shape index (κ1) is 22.1. The Balaban J connectivity index is 1.40. The first-order chi connectivity index (χ1) is 16.6. The summed E-state index contributed by atoms with van der Waals surface area (Å²) in [4.78, 5) is 26.4. The zero-order chi connectivity index (χ0) is 24.5. The molecule has 0 aliphatic carbocycles. The van der Waals surface area contributed by atoms with Gasteiger partial charge in [0.25, 0.3) is 5.56 Å². The number of rotatable bonds is 2. The maximum atomic E-state index is 13.7. The van der Waals surface area contributed by atoms with E-state index in [2.05, 4.69) is 26.7 Å². The summed E-state index contributed by atoms with van der Waals surface area (Å²) in [7, 11) is 0. The van der Waals surface area contributed by atoms with E-state index in [4.69, 9.17) is 0 Å². The van der Waals surface area contributed by atoms with Crippen LogP contribution >= 0.6 is 0 Å². The molecule has 0 bridgehead atoms. The molecule has 0 amide bonds. The van der Waals surface area contributed by atoms with E-state index in [1.807, 2.05) is 6.07 Å². The fourth-order valence-electron chi connectivity index (χ4n) is 5.59. The largest absolute Gasteiger partial charge is 0.420 e. The van der Waals surface area contributed by atoms with Crippen LogP contribution in [-0.2, 0) is 6.18 Å². The highest BCUT2D eigenvalue weighted by Crippen LogP contribution is 2.36. The predicted molar refractivity (Wildman–Crippen MR) is 127 cm³/mol. The second kappa shape index (κ2) is 7.55. The van der Waals surface area contributed by atoms with Gasteiger partial charge in [0.15, 0.2) is 0 Å². The lowest BCUT2D eigenvalue weighted by molar-refractivity contribution is -0.136. The molecule has 6 rings (SSSR count). The van der Waals surface area contributed by atoms with Crippen molar-refractivity contribution in [3.8, 4) is 11.3 Å². The molecule has 4 aromatic heterocycles. The lowest BCUT2D eigenvalue weighted by Gasteiger charge is -2.46. The summed E-state index contributed by atoms with van der Waals surface area (Å²) in [6, 6.07) is 5.99. The van der Waals surface area contributed by atoms with Crippen molar-refractivity contribution in [2.75, 3.05) is 31.1 Å². The van der Waals surface area contributed by atoms with Crippen LogP contribution in [0, 0.1) is 6.92 Å². The predicted octanol–water partition coefficient (Wildman–Crippen LogP) is 4.01. The van der Waals surface area contributed by atoms with Crippen LogP contribution in [0.3, 0.4) is 0 Å². The molecule has 35 heavy (non-hydrogen) atoms. The Bertz CT molecular complexity index is 1520. The standard InChI is InChI=1S/C25H25F3N6O/c1-16-12-32-13-17(10-19(23(32)29-16)25(26,27)28)20-11-22(35)34-14-18(4-5-21(34)30-20)31-8-9-33-7-3-6-24(33,2)15-31/h4-5,10-14H,3,6-9,15H2,1-2H3/t24-/m0/s1. The van der Waals surface area contributed by atoms with E-state index in [0.29, 0.717) is 11.3 Å². The maximum Gasteiger partial charge on any atom is 0.420 e. The van der Waals surface area contributed by atoms with E-state index in [1.165, 1.54) is 33.7 Å². The van der Waals surface area contributed by atoms with Crippen LogP contribution < -0.4 is 10.5 Å². The zero-order valence-electron chi connectivity index (χ0n) is 19.5. The normalized spacial score (nSPS) is 21.2. The van der Waals surface area contributed by atoms with Crippen molar-refractivity contribution >= 4 is 17.0 Å². The number of imidazole rings is 1. The van der Waals surface area contributed by atoms with Crippen molar-refractivity contribution in [1.29, 1.82) is 0 Å². The van der Waals surface area contributed by atoms with Crippen molar-refractivity contribution < 1.29 is 13.2 Å². The fraction of sp³-hybridized carbons (Fsp3) is 0.400. The second-order valence-corrected chi connectivity index (χ2v) is 9.86. The molecule has 10 heteroatoms. The van der Waals surface area contributed by atoms with Gasteiger partial charge in [-0.1, -0.05) is 0 Å². The van der Waals surface area contributed by atoms with E-state index >= 15 is 0 Å². The molecule has 6 heterocycles. The summed E-state index contributed by atoms with van der Waals surface area (Å²) in [5.41, 5.74) is 0.962. The quantitative estimate of drug-likeness (QED) is 0.432. The minimum Gasteiger partial charge on any atom is -0.367 e. The van der Waals surface area contributed by atoms with Gasteiger partial charge in [0, 0.05) is 55.4 Å². The highest BCUT2D eigenvalue weighted by molar-refractivity contribution is 5.67. The van der Waals surface area contributed by atoms with Crippen LogP contribution in [0.15, 0.2) is 47.7 Å². The van der Waals surface area contributed by atoms with E-state index in [0.717, 1.165) is 44.4 Å². The molecule has 1 atom stereocenters. The highest BCUT2D eigenvalue weighted by Gasteiger charge is 2.41. The van der Waals surface area contributed by atoms with Gasteiger partial charge in [-0.25, -0.2) is 9.97 Å². The fourth-order valence-corrected chi connectivity index (χ4v) is 5.59. The molecule has 0 spiro atoms. The van der Waals surface area contributed by atoms with Crippen molar-refractivity contribution in [3.05, 3.63) is 64.5 Å². The maximum absolute atomic E-state index is 13.7. The van der Waals surface area contributed by atoms with Gasteiger partial charge in [-0.05, 0) is 51.4 Å². The Morgan fingerprint density at radius 2 is 1.86 bits per heavy atom. The molecule has 0 unspecified atom stereocenters. The molecule has 182 valence electrons. The van der Waals surface area contributed by atoms with E-state index < -0.39 is 11.7 Å². The number of anilines is 1. The molecule has 4 aromatic rings. The molecule has 2 fully saturated rings. The van der Waals surface area contributed by atoms with Gasteiger partial charge < -0.3 is 9.30 Å². The van der Waals surface area contributed by atoms with Gasteiger partial charge in [0.05, 0.1) is 22.6 Å². The Kier molecular flexibility index (Phi) is 4.76. The molecular formula is C25H25F3N6O. The minimum atomic E-state index is -4.59. The third kappa shape index (κ3) is 3.67. The van der Waals surface area contributed by atoms with Crippen molar-refractivity contribution in [2.24, 2.45) is 0 Å². The first-order valence-electron chi connectivity index (χ1n) is 11.7. The lowest BCUT2D eigenvalue weighted by Crippen LogP contribution is -2.57. The number of hydrogen-bond acceptors (Lipinski definition) is 5. The Morgan fingerprint density at radius 1 is 1.03 bits per heavy atom. The Labute approximate surface area is 199 Å². The summed E-state index contributed by atoms with van der Waals surface area (Å²) < 4.78 is 44.0. The molecule has 0 aromatic carbocycles. The summed E-state index contributed by atoms with van der Waals surface area (Å²) in [5.74, 6) is 0. The number of aromatic nitrogens is 4. The molecule has 2 aliphatic rings. The number of alkyl halides is 3. The van der Waals surface area contributed by atoms with Crippen LogP contribution in [0.4, 0.5) is 18.9 Å². The van der Waals surface area contributed by atoms with E-state index in [9.17, 15) is 18.0 Å². The third-order valence-electron chi connectivity index (χ3n) is 7.36. The molecule has 2 saturated heterocycles. The lowest BCUT2D eigenvalue weighted by atomic mass is 9.95. The summed E-state index contributed by atoms with van der Waals surface area (Å²) in [6.45, 7) is 7.82. The van der Waals surface area contributed by atoms with Gasteiger partial charge in [-0.15, -0.1) is 0 Å². The van der Waals surface area contributed by atoms with Gasteiger partial charge in [-0.3, -0.25) is 14.1 Å². The zero-order valence-corrected chi connectivity index (χ0v) is 19.5. The third-order valence-corrected chi connectivity index (χ3v) is 7.36. The number of pyridine rings is 2.